The van der Waals surface area contributed by atoms with Crippen molar-refractivity contribution in [3.05, 3.63) is 107 Å². The number of nitrogens with two attached hydrogens (primary N) is 1. The zero-order valence-electron chi connectivity index (χ0n) is 34.2. The molecule has 2 amide bonds. The summed E-state index contributed by atoms with van der Waals surface area (Å²) in [6.45, 7) is 16.5. The molecule has 0 aliphatic heterocycles. The van der Waals surface area contributed by atoms with Crippen LogP contribution in [0, 0.1) is 36.5 Å². The van der Waals surface area contributed by atoms with E-state index in [0.29, 0.717) is 45.0 Å². The summed E-state index contributed by atoms with van der Waals surface area (Å²) in [4.78, 5) is 23.6. The number of amides is 2. The molecule has 12 heteroatoms. The molecule has 0 atom stereocenters. The Morgan fingerprint density at radius 3 is 1.53 bits per heavy atom. The SMILES string of the molecule is C.CCN=C=O.CCNC(=O)NCCOc1ccc(-c2c(C#N)c3ccc(C)cc3n2CC)cc1.CCn1c(-c2ccc(OCCN)cc2)c(C#N)c2ccc(C)cc21. The van der Waals surface area contributed by atoms with Crippen LogP contribution in [0.4, 0.5) is 4.79 Å². The van der Waals surface area contributed by atoms with Crippen LogP contribution >= 0.6 is 0 Å². The minimum absolute atomic E-state index is 0. The first kappa shape index (κ1) is 46.5. The van der Waals surface area contributed by atoms with Crippen molar-refractivity contribution < 1.29 is 19.1 Å². The van der Waals surface area contributed by atoms with E-state index in [1.165, 1.54) is 17.2 Å². The number of aromatic nitrogens is 2. The summed E-state index contributed by atoms with van der Waals surface area (Å²) in [5, 5.41) is 26.9. The molecule has 4 aromatic carbocycles. The number of carbonyl (C=O) groups excluding carboxylic acids is 2. The second-order valence-electron chi connectivity index (χ2n) is 13.1. The fraction of sp³-hybridized carbons (Fsp3) is 0.319. The first-order valence-electron chi connectivity index (χ1n) is 19.5. The predicted octanol–water partition coefficient (Wildman–Crippen LogP) is 9.03. The summed E-state index contributed by atoms with van der Waals surface area (Å²) in [5.41, 5.74) is 15.3. The fourth-order valence-corrected chi connectivity index (χ4v) is 6.62. The lowest BCUT2D eigenvalue weighted by Crippen LogP contribution is -2.37. The van der Waals surface area contributed by atoms with Crippen molar-refractivity contribution in [2.24, 2.45) is 10.7 Å². The van der Waals surface area contributed by atoms with Crippen LogP contribution in [0.1, 0.15) is 57.4 Å². The molecule has 12 nitrogen and oxygen atoms in total. The van der Waals surface area contributed by atoms with Gasteiger partial charge in [0, 0.05) is 43.5 Å². The van der Waals surface area contributed by atoms with Crippen LogP contribution in [0.5, 0.6) is 11.5 Å². The Morgan fingerprint density at radius 2 is 1.17 bits per heavy atom. The summed E-state index contributed by atoms with van der Waals surface area (Å²) in [6.07, 6.45) is 1.39. The van der Waals surface area contributed by atoms with Crippen LogP contribution < -0.4 is 25.8 Å². The lowest BCUT2D eigenvalue weighted by atomic mass is 10.1. The third-order valence-corrected chi connectivity index (χ3v) is 9.15. The fourth-order valence-electron chi connectivity index (χ4n) is 6.62. The molecular weight excluding hydrogens is 741 g/mol. The number of isocyanates is 1. The lowest BCUT2D eigenvalue weighted by molar-refractivity contribution is 0.237. The molecule has 0 unspecified atom stereocenters. The van der Waals surface area contributed by atoms with Gasteiger partial charge in [0.15, 0.2) is 0 Å². The Hall–Kier alpha value is -6.85. The van der Waals surface area contributed by atoms with E-state index < -0.39 is 0 Å². The summed E-state index contributed by atoms with van der Waals surface area (Å²) in [5.74, 6) is 1.51. The average Bonchev–Trinajstić information content (AvgIpc) is 3.73. The van der Waals surface area contributed by atoms with Crippen LogP contribution in [0.3, 0.4) is 0 Å². The smallest absolute Gasteiger partial charge is 0.314 e. The molecule has 0 saturated carbocycles. The topological polar surface area (TPSA) is 172 Å². The third kappa shape index (κ3) is 11.6. The number of nitrogens with zero attached hydrogens (tertiary/aromatic N) is 5. The van der Waals surface area contributed by atoms with Crippen LogP contribution in [-0.4, -0.2) is 60.6 Å². The molecule has 6 rings (SSSR count). The van der Waals surface area contributed by atoms with E-state index in [1.807, 2.05) is 73.7 Å². The van der Waals surface area contributed by atoms with Gasteiger partial charge in [-0.25, -0.2) is 14.6 Å². The highest BCUT2D eigenvalue weighted by Gasteiger charge is 2.19. The molecule has 0 radical (unpaired) electrons. The Bertz CT molecular complexity index is 2430. The Kier molecular flexibility index (Phi) is 18.5. The van der Waals surface area contributed by atoms with Crippen LogP contribution in [0.15, 0.2) is 89.9 Å². The molecule has 2 aromatic heterocycles. The molecule has 0 bridgehead atoms. The number of ether oxygens (including phenoxy) is 2. The van der Waals surface area contributed by atoms with Gasteiger partial charge < -0.3 is 35.0 Å². The van der Waals surface area contributed by atoms with Crippen LogP contribution in [-0.2, 0) is 17.9 Å². The molecule has 59 heavy (non-hydrogen) atoms. The summed E-state index contributed by atoms with van der Waals surface area (Å²) in [7, 11) is 0. The number of nitriles is 2. The summed E-state index contributed by atoms with van der Waals surface area (Å²) in [6, 6.07) is 32.6. The maximum absolute atomic E-state index is 11.4. The van der Waals surface area contributed by atoms with Gasteiger partial charge in [-0.3, -0.25) is 0 Å². The van der Waals surface area contributed by atoms with Gasteiger partial charge >= 0.3 is 6.03 Å². The number of fused-ring (bicyclic) bond motifs is 2. The van der Waals surface area contributed by atoms with E-state index in [4.69, 9.17) is 20.0 Å². The molecule has 4 N–H and O–H groups in total. The number of nitrogens with one attached hydrogen (secondary N) is 2. The van der Waals surface area contributed by atoms with Crippen molar-refractivity contribution in [1.29, 1.82) is 10.5 Å². The highest BCUT2D eigenvalue weighted by molar-refractivity contribution is 5.96. The van der Waals surface area contributed by atoms with Crippen LogP contribution in [0.2, 0.25) is 0 Å². The molecular formula is C47H56N8O4. The number of rotatable bonds is 13. The summed E-state index contributed by atoms with van der Waals surface area (Å²) < 4.78 is 15.6. The standard InChI is InChI=1S/C23H26N4O2.C20H21N3O.C3H5NO.CH4/c1-4-25-23(28)26-12-13-29-18-9-7-17(8-10-18)22-20(15-24)19-11-6-16(3)14-21(19)27(22)5-2;1-3-23-19-12-14(2)4-9-17(19)18(13-22)20(23)15-5-7-16(8-6-15)24-11-10-21;1-2-4-3-5;/h6-11,14H,4-5,12-13H2,1-3H3,(H2,25,26,28);4-9,12H,3,10-11,21H2,1-2H3;2H2,1H3;1H4. The minimum Gasteiger partial charge on any atom is -0.492 e. The van der Waals surface area contributed by atoms with Crippen molar-refractivity contribution in [3.63, 3.8) is 0 Å². The second-order valence-corrected chi connectivity index (χ2v) is 13.1. The summed E-state index contributed by atoms with van der Waals surface area (Å²) >= 11 is 0. The number of hydrogen-bond acceptors (Lipinski definition) is 8. The highest BCUT2D eigenvalue weighted by atomic mass is 16.5. The van der Waals surface area contributed by atoms with Gasteiger partial charge in [0.05, 0.1) is 40.1 Å². The van der Waals surface area contributed by atoms with Crippen molar-refractivity contribution in [2.75, 3.05) is 39.4 Å². The quantitative estimate of drug-likeness (QED) is 0.0594. The van der Waals surface area contributed by atoms with Gasteiger partial charge in [0.2, 0.25) is 6.08 Å². The highest BCUT2D eigenvalue weighted by Crippen LogP contribution is 2.36. The zero-order chi connectivity index (χ0) is 42.0. The van der Waals surface area contributed by atoms with E-state index in [1.54, 1.807) is 6.92 Å². The normalized spacial score (nSPS) is 10.1. The van der Waals surface area contributed by atoms with Gasteiger partial charge in [-0.05, 0) is 124 Å². The average molecular weight is 797 g/mol. The van der Waals surface area contributed by atoms with Gasteiger partial charge in [-0.15, -0.1) is 0 Å². The van der Waals surface area contributed by atoms with E-state index in [2.05, 4.69) is 82.8 Å². The molecule has 0 aliphatic rings. The number of hydrogen-bond donors (Lipinski definition) is 3. The first-order valence-corrected chi connectivity index (χ1v) is 19.5. The molecule has 6 aromatic rings. The van der Waals surface area contributed by atoms with Crippen molar-refractivity contribution in [2.45, 2.75) is 62.1 Å². The third-order valence-electron chi connectivity index (χ3n) is 9.15. The molecule has 0 saturated heterocycles. The maximum Gasteiger partial charge on any atom is 0.314 e. The van der Waals surface area contributed by atoms with Crippen molar-refractivity contribution in [3.8, 4) is 46.2 Å². The Morgan fingerprint density at radius 1 is 0.712 bits per heavy atom. The van der Waals surface area contributed by atoms with Gasteiger partial charge in [0.25, 0.3) is 0 Å². The molecule has 308 valence electrons. The number of benzene rings is 4. The van der Waals surface area contributed by atoms with Crippen molar-refractivity contribution in [1.82, 2.24) is 19.8 Å². The molecule has 0 spiro atoms. The van der Waals surface area contributed by atoms with E-state index in [0.717, 1.165) is 74.5 Å². The molecule has 0 aliphatic carbocycles. The predicted molar refractivity (Wildman–Crippen MR) is 238 cm³/mol. The van der Waals surface area contributed by atoms with Crippen molar-refractivity contribution >= 4 is 33.9 Å². The second kappa shape index (κ2) is 23.4. The van der Waals surface area contributed by atoms with Gasteiger partial charge in [-0.1, -0.05) is 31.7 Å². The number of carbonyl (C=O) groups is 1. The van der Waals surface area contributed by atoms with E-state index in [-0.39, 0.29) is 13.5 Å². The Labute approximate surface area is 347 Å². The Balaban J connectivity index is 0.000000282. The van der Waals surface area contributed by atoms with E-state index in [9.17, 15) is 15.3 Å². The number of aliphatic imine (C=N–C) groups is 1. The van der Waals surface area contributed by atoms with Crippen LogP contribution in [0.25, 0.3) is 44.3 Å². The van der Waals surface area contributed by atoms with Gasteiger partial charge in [0.1, 0.15) is 36.9 Å². The first-order chi connectivity index (χ1) is 28.2. The largest absolute Gasteiger partial charge is 0.492 e. The number of urea groups is 1. The monoisotopic (exact) mass is 796 g/mol. The zero-order valence-corrected chi connectivity index (χ0v) is 34.2. The lowest BCUT2D eigenvalue weighted by Gasteiger charge is -2.11. The maximum atomic E-state index is 11.4. The van der Waals surface area contributed by atoms with E-state index >= 15 is 0 Å². The van der Waals surface area contributed by atoms with Gasteiger partial charge in [-0.2, -0.15) is 10.5 Å². The minimum atomic E-state index is -0.196. The molecule has 2 heterocycles. The number of aryl methyl sites for hydroxylation is 4. The molecule has 0 fully saturated rings.